The van der Waals surface area contributed by atoms with Crippen LogP contribution < -0.4 is 5.32 Å². The summed E-state index contributed by atoms with van der Waals surface area (Å²) in [4.78, 5) is 2.75. The maximum absolute atomic E-state index is 5.81. The highest BCUT2D eigenvalue weighted by molar-refractivity contribution is 7.12. The summed E-state index contributed by atoms with van der Waals surface area (Å²) in [6, 6.07) is 2.26. The maximum Gasteiger partial charge on any atom is 0.0785 e. The van der Waals surface area contributed by atoms with Gasteiger partial charge in [0.1, 0.15) is 0 Å². The first-order chi connectivity index (χ1) is 9.17. The summed E-state index contributed by atoms with van der Waals surface area (Å²) in [5.41, 5.74) is 1.31. The average molecular weight is 285 g/mol. The van der Waals surface area contributed by atoms with Crippen molar-refractivity contribution in [1.29, 1.82) is 0 Å². The summed E-state index contributed by atoms with van der Waals surface area (Å²) in [6.07, 6.45) is 1.33. The van der Waals surface area contributed by atoms with Gasteiger partial charge in [0.15, 0.2) is 0 Å². The van der Waals surface area contributed by atoms with Gasteiger partial charge in [0, 0.05) is 22.9 Å². The predicted molar refractivity (Wildman–Crippen MR) is 81.8 cm³/mol. The Morgan fingerprint density at radius 3 is 2.84 bits per heavy atom. The van der Waals surface area contributed by atoms with Gasteiger partial charge in [-0.05, 0) is 45.4 Å². The molecule has 0 aliphatic carbocycles. The van der Waals surface area contributed by atoms with Crippen LogP contribution in [0.2, 0.25) is 0 Å². The molecule has 0 aliphatic rings. The Balaban J connectivity index is 2.36. The number of hydrogen-bond donors (Lipinski definition) is 1. The number of ether oxygens (including phenoxy) is 2. The second-order valence-corrected chi connectivity index (χ2v) is 6.09. The molecule has 1 aromatic rings. The van der Waals surface area contributed by atoms with E-state index in [1.54, 1.807) is 0 Å². The first kappa shape index (κ1) is 16.6. The Morgan fingerprint density at radius 1 is 1.37 bits per heavy atom. The molecule has 0 spiro atoms. The fraction of sp³-hybridized carbons (Fsp3) is 0.733. The average Bonchev–Trinajstić information content (AvgIpc) is 2.75. The van der Waals surface area contributed by atoms with Crippen LogP contribution in [0.5, 0.6) is 0 Å². The van der Waals surface area contributed by atoms with Crippen molar-refractivity contribution in [3.05, 3.63) is 21.4 Å². The van der Waals surface area contributed by atoms with E-state index in [0.29, 0.717) is 13.2 Å². The molecule has 1 heterocycles. The van der Waals surface area contributed by atoms with Gasteiger partial charge in [0.25, 0.3) is 0 Å². The topological polar surface area (TPSA) is 30.5 Å². The molecule has 19 heavy (non-hydrogen) atoms. The third kappa shape index (κ3) is 6.52. The SMILES string of the molecule is CCCNCc1cc(COC(C)COCC)c(C)s1. The van der Waals surface area contributed by atoms with E-state index in [1.165, 1.54) is 21.7 Å². The highest BCUT2D eigenvalue weighted by atomic mass is 32.1. The molecule has 0 aliphatic heterocycles. The van der Waals surface area contributed by atoms with E-state index in [2.05, 4.69) is 32.2 Å². The van der Waals surface area contributed by atoms with Gasteiger partial charge >= 0.3 is 0 Å². The van der Waals surface area contributed by atoms with Gasteiger partial charge in [-0.1, -0.05) is 6.92 Å². The first-order valence-corrected chi connectivity index (χ1v) is 7.97. The lowest BCUT2D eigenvalue weighted by molar-refractivity contribution is -0.0117. The Hall–Kier alpha value is -0.420. The van der Waals surface area contributed by atoms with Gasteiger partial charge in [0.2, 0.25) is 0 Å². The highest BCUT2D eigenvalue weighted by Crippen LogP contribution is 2.22. The van der Waals surface area contributed by atoms with E-state index in [4.69, 9.17) is 9.47 Å². The predicted octanol–water partition coefficient (Wildman–Crippen LogP) is 3.50. The molecular formula is C15H27NO2S. The smallest absolute Gasteiger partial charge is 0.0785 e. The number of nitrogens with one attached hydrogen (secondary N) is 1. The minimum atomic E-state index is 0.154. The van der Waals surface area contributed by atoms with E-state index in [9.17, 15) is 0 Å². The first-order valence-electron chi connectivity index (χ1n) is 7.15. The van der Waals surface area contributed by atoms with Gasteiger partial charge in [-0.15, -0.1) is 11.3 Å². The van der Waals surface area contributed by atoms with Crippen LogP contribution >= 0.6 is 11.3 Å². The van der Waals surface area contributed by atoms with E-state index >= 15 is 0 Å². The third-order valence-corrected chi connectivity index (χ3v) is 3.97. The van der Waals surface area contributed by atoms with Crippen molar-refractivity contribution in [2.75, 3.05) is 19.8 Å². The lowest BCUT2D eigenvalue weighted by atomic mass is 10.2. The van der Waals surface area contributed by atoms with Crippen LogP contribution in [0.1, 0.15) is 42.5 Å². The Kier molecular flexibility index (Phi) is 8.30. The van der Waals surface area contributed by atoms with E-state index < -0.39 is 0 Å². The quantitative estimate of drug-likeness (QED) is 0.667. The summed E-state index contributed by atoms with van der Waals surface area (Å²) in [7, 11) is 0. The Labute approximate surface area is 121 Å². The number of thiophene rings is 1. The molecule has 1 N–H and O–H groups in total. The van der Waals surface area contributed by atoms with Crippen molar-refractivity contribution in [3.63, 3.8) is 0 Å². The molecule has 1 atom stereocenters. The van der Waals surface area contributed by atoms with Crippen molar-refractivity contribution >= 4 is 11.3 Å². The van der Waals surface area contributed by atoms with Crippen LogP contribution in [-0.2, 0) is 22.6 Å². The molecule has 0 saturated carbocycles. The summed E-state index contributed by atoms with van der Waals surface area (Å²) < 4.78 is 11.2. The molecule has 1 rings (SSSR count). The lowest BCUT2D eigenvalue weighted by Crippen LogP contribution is -2.15. The summed E-state index contributed by atoms with van der Waals surface area (Å²) in [5, 5.41) is 3.43. The molecule has 0 aromatic carbocycles. The Morgan fingerprint density at radius 2 is 2.16 bits per heavy atom. The van der Waals surface area contributed by atoms with E-state index in [0.717, 1.165) is 19.7 Å². The molecule has 110 valence electrons. The van der Waals surface area contributed by atoms with Gasteiger partial charge in [-0.3, -0.25) is 0 Å². The second-order valence-electron chi connectivity index (χ2n) is 4.75. The summed E-state index contributed by atoms with van der Waals surface area (Å²) in [6.45, 7) is 12.6. The van der Waals surface area contributed by atoms with E-state index in [1.807, 2.05) is 18.3 Å². The second kappa shape index (κ2) is 9.48. The van der Waals surface area contributed by atoms with Gasteiger partial charge in [0.05, 0.1) is 19.3 Å². The standard InChI is InChI=1S/C15H27NO2S/c1-5-7-16-9-15-8-14(13(4)19-15)11-18-12(3)10-17-6-2/h8,12,16H,5-7,9-11H2,1-4H3. The van der Waals surface area contributed by atoms with Gasteiger partial charge in [-0.25, -0.2) is 0 Å². The zero-order valence-corrected chi connectivity index (χ0v) is 13.4. The van der Waals surface area contributed by atoms with Crippen LogP contribution in [0.4, 0.5) is 0 Å². The molecule has 0 fully saturated rings. The molecule has 0 amide bonds. The lowest BCUT2D eigenvalue weighted by Gasteiger charge is -2.12. The molecule has 0 radical (unpaired) electrons. The molecule has 0 bridgehead atoms. The van der Waals surface area contributed by atoms with Crippen LogP contribution in [0.3, 0.4) is 0 Å². The number of aryl methyl sites for hydroxylation is 1. The van der Waals surface area contributed by atoms with Crippen molar-refractivity contribution in [2.24, 2.45) is 0 Å². The van der Waals surface area contributed by atoms with Crippen molar-refractivity contribution < 1.29 is 9.47 Å². The molecule has 1 aromatic heterocycles. The van der Waals surface area contributed by atoms with Crippen LogP contribution in [-0.4, -0.2) is 25.9 Å². The summed E-state index contributed by atoms with van der Waals surface area (Å²) >= 11 is 1.86. The molecule has 1 unspecified atom stereocenters. The highest BCUT2D eigenvalue weighted by Gasteiger charge is 2.08. The van der Waals surface area contributed by atoms with Crippen molar-refractivity contribution in [3.8, 4) is 0 Å². The largest absolute Gasteiger partial charge is 0.379 e. The third-order valence-electron chi connectivity index (χ3n) is 2.88. The molecule has 4 heteroatoms. The minimum absolute atomic E-state index is 0.154. The summed E-state index contributed by atoms with van der Waals surface area (Å²) in [5.74, 6) is 0. The number of hydrogen-bond acceptors (Lipinski definition) is 4. The normalized spacial score (nSPS) is 12.8. The van der Waals surface area contributed by atoms with Gasteiger partial charge in [-0.2, -0.15) is 0 Å². The molecular weight excluding hydrogens is 258 g/mol. The number of rotatable bonds is 10. The van der Waals surface area contributed by atoms with Crippen LogP contribution in [0.25, 0.3) is 0 Å². The van der Waals surface area contributed by atoms with E-state index in [-0.39, 0.29) is 6.10 Å². The van der Waals surface area contributed by atoms with Gasteiger partial charge < -0.3 is 14.8 Å². The van der Waals surface area contributed by atoms with Crippen LogP contribution in [0.15, 0.2) is 6.07 Å². The fourth-order valence-electron chi connectivity index (χ4n) is 1.77. The zero-order chi connectivity index (χ0) is 14.1. The van der Waals surface area contributed by atoms with Crippen LogP contribution in [0, 0.1) is 6.92 Å². The molecule has 0 saturated heterocycles. The maximum atomic E-state index is 5.81. The zero-order valence-electron chi connectivity index (χ0n) is 12.6. The minimum Gasteiger partial charge on any atom is -0.379 e. The monoisotopic (exact) mass is 285 g/mol. The van der Waals surface area contributed by atoms with Crippen molar-refractivity contribution in [2.45, 2.75) is 53.4 Å². The fourth-order valence-corrected chi connectivity index (χ4v) is 2.79. The molecule has 3 nitrogen and oxygen atoms in total. The van der Waals surface area contributed by atoms with Crippen molar-refractivity contribution in [1.82, 2.24) is 5.32 Å². The Bertz CT molecular complexity index is 352.